The summed E-state index contributed by atoms with van der Waals surface area (Å²) in [5.74, 6) is 0.926. The van der Waals surface area contributed by atoms with E-state index in [0.717, 1.165) is 37.9 Å². The molecule has 3 rings (SSSR count). The van der Waals surface area contributed by atoms with Crippen molar-refractivity contribution in [2.45, 2.75) is 57.0 Å². The molecule has 1 saturated carbocycles. The summed E-state index contributed by atoms with van der Waals surface area (Å²) < 4.78 is 0. The molecule has 18 heavy (non-hydrogen) atoms. The number of rotatable bonds is 3. The topological polar surface area (TPSA) is 45.1 Å². The van der Waals surface area contributed by atoms with E-state index in [2.05, 4.69) is 22.4 Å². The van der Waals surface area contributed by atoms with Gasteiger partial charge in [-0.05, 0) is 43.7 Å². The Kier molecular flexibility index (Phi) is 3.25. The van der Waals surface area contributed by atoms with Gasteiger partial charge in [0.25, 0.3) is 0 Å². The van der Waals surface area contributed by atoms with Crippen LogP contribution in [0.4, 0.5) is 5.82 Å². The van der Waals surface area contributed by atoms with Crippen molar-refractivity contribution in [3.63, 3.8) is 0 Å². The predicted octanol–water partition coefficient (Wildman–Crippen LogP) is 2.68. The third-order valence-corrected chi connectivity index (χ3v) is 4.31. The number of aromatic nitrogens is 1. The second-order valence-corrected chi connectivity index (χ2v) is 5.79. The Balaban J connectivity index is 1.62. The molecule has 0 spiro atoms. The first-order valence-electron chi connectivity index (χ1n) is 7.20. The van der Waals surface area contributed by atoms with Crippen molar-refractivity contribution in [2.24, 2.45) is 0 Å². The first-order valence-corrected chi connectivity index (χ1v) is 7.20. The highest BCUT2D eigenvalue weighted by molar-refractivity contribution is 5.40. The van der Waals surface area contributed by atoms with Crippen LogP contribution in [0.25, 0.3) is 0 Å². The van der Waals surface area contributed by atoms with E-state index < -0.39 is 5.60 Å². The van der Waals surface area contributed by atoms with Gasteiger partial charge in [0, 0.05) is 12.2 Å². The van der Waals surface area contributed by atoms with Crippen molar-refractivity contribution in [1.29, 1.82) is 0 Å². The van der Waals surface area contributed by atoms with Gasteiger partial charge in [0.1, 0.15) is 5.82 Å². The zero-order valence-electron chi connectivity index (χ0n) is 10.9. The van der Waals surface area contributed by atoms with Crippen molar-refractivity contribution < 1.29 is 5.11 Å². The normalized spacial score (nSPS) is 21.6. The van der Waals surface area contributed by atoms with Crippen molar-refractivity contribution in [3.05, 3.63) is 23.4 Å². The minimum atomic E-state index is -0.515. The molecule has 0 saturated heterocycles. The average molecular weight is 246 g/mol. The molecule has 98 valence electrons. The van der Waals surface area contributed by atoms with Gasteiger partial charge in [-0.25, -0.2) is 4.98 Å². The maximum atomic E-state index is 10.4. The van der Waals surface area contributed by atoms with Gasteiger partial charge in [-0.2, -0.15) is 0 Å². The van der Waals surface area contributed by atoms with Gasteiger partial charge in [0.05, 0.1) is 5.60 Å². The fourth-order valence-electron chi connectivity index (χ4n) is 3.16. The van der Waals surface area contributed by atoms with E-state index in [0.29, 0.717) is 6.54 Å². The van der Waals surface area contributed by atoms with Crippen LogP contribution in [0, 0.1) is 0 Å². The quantitative estimate of drug-likeness (QED) is 0.862. The largest absolute Gasteiger partial charge is 0.388 e. The van der Waals surface area contributed by atoms with E-state index in [1.54, 1.807) is 0 Å². The van der Waals surface area contributed by atoms with Crippen molar-refractivity contribution in [1.82, 2.24) is 4.98 Å². The number of hydrogen-bond acceptors (Lipinski definition) is 3. The molecule has 2 aliphatic rings. The monoisotopic (exact) mass is 246 g/mol. The van der Waals surface area contributed by atoms with Crippen molar-refractivity contribution in [2.75, 3.05) is 11.9 Å². The molecule has 0 aromatic carbocycles. The molecular weight excluding hydrogens is 224 g/mol. The minimum absolute atomic E-state index is 0.515. The summed E-state index contributed by atoms with van der Waals surface area (Å²) in [7, 11) is 0. The summed E-state index contributed by atoms with van der Waals surface area (Å²) in [5.41, 5.74) is 2.13. The molecule has 2 N–H and O–H groups in total. The fourth-order valence-corrected chi connectivity index (χ4v) is 3.16. The molecule has 0 amide bonds. The third kappa shape index (κ3) is 2.51. The van der Waals surface area contributed by atoms with E-state index in [9.17, 15) is 5.11 Å². The summed E-state index contributed by atoms with van der Waals surface area (Å²) >= 11 is 0. The number of aliphatic hydroxyl groups is 1. The number of anilines is 1. The number of nitrogens with one attached hydrogen (secondary N) is 1. The van der Waals surface area contributed by atoms with E-state index in [4.69, 9.17) is 0 Å². The molecule has 1 fully saturated rings. The molecular formula is C15H22N2O. The summed E-state index contributed by atoms with van der Waals surface area (Å²) in [6.07, 6.45) is 8.91. The molecule has 1 aromatic heterocycles. The third-order valence-electron chi connectivity index (χ3n) is 4.31. The average Bonchev–Trinajstić information content (AvgIpc) is 2.85. The standard InChI is InChI=1S/C15H22N2O/c18-15(9-2-1-3-10-15)11-16-14-8-7-12-5-4-6-13(12)17-14/h7-8,18H,1-6,9-11H2,(H,16,17). The second-order valence-electron chi connectivity index (χ2n) is 5.79. The van der Waals surface area contributed by atoms with Gasteiger partial charge < -0.3 is 10.4 Å². The molecule has 1 aromatic rings. The molecule has 1 heterocycles. The number of fused-ring (bicyclic) bond motifs is 1. The summed E-state index contributed by atoms with van der Waals surface area (Å²) in [6, 6.07) is 4.24. The Hall–Kier alpha value is -1.09. The van der Waals surface area contributed by atoms with Crippen molar-refractivity contribution >= 4 is 5.82 Å². The smallest absolute Gasteiger partial charge is 0.126 e. The molecule has 3 heteroatoms. The van der Waals surface area contributed by atoms with E-state index in [-0.39, 0.29) is 0 Å². The van der Waals surface area contributed by atoms with Crippen molar-refractivity contribution in [3.8, 4) is 0 Å². The van der Waals surface area contributed by atoms with Crippen LogP contribution in [0.1, 0.15) is 49.8 Å². The lowest BCUT2D eigenvalue weighted by Gasteiger charge is -2.32. The summed E-state index contributed by atoms with van der Waals surface area (Å²) in [6.45, 7) is 0.638. The molecule has 0 unspecified atom stereocenters. The predicted molar refractivity (Wildman–Crippen MR) is 72.8 cm³/mol. The molecule has 2 aliphatic carbocycles. The van der Waals surface area contributed by atoms with Gasteiger partial charge in [-0.3, -0.25) is 0 Å². The highest BCUT2D eigenvalue weighted by atomic mass is 16.3. The van der Waals surface area contributed by atoms with Crippen LogP contribution in [-0.2, 0) is 12.8 Å². The van der Waals surface area contributed by atoms with Gasteiger partial charge in [-0.1, -0.05) is 25.3 Å². The lowest BCUT2D eigenvalue weighted by Crippen LogP contribution is -2.38. The van der Waals surface area contributed by atoms with Gasteiger partial charge in [0.2, 0.25) is 0 Å². The highest BCUT2D eigenvalue weighted by Gasteiger charge is 2.28. The SMILES string of the molecule is OC1(CNc2ccc3c(n2)CCC3)CCCCC1. The fraction of sp³-hybridized carbons (Fsp3) is 0.667. The minimum Gasteiger partial charge on any atom is -0.388 e. The van der Waals surface area contributed by atoms with Gasteiger partial charge in [0.15, 0.2) is 0 Å². The Morgan fingerprint density at radius 3 is 2.78 bits per heavy atom. The van der Waals surface area contributed by atoms with Crippen LogP contribution in [-0.4, -0.2) is 22.2 Å². The number of aryl methyl sites for hydroxylation is 2. The second kappa shape index (κ2) is 4.88. The van der Waals surface area contributed by atoms with E-state index in [1.165, 1.54) is 30.5 Å². The Morgan fingerprint density at radius 1 is 1.11 bits per heavy atom. The first kappa shape index (κ1) is 12.0. The Labute approximate surface area is 109 Å². The summed E-state index contributed by atoms with van der Waals surface area (Å²) in [4.78, 5) is 4.65. The Morgan fingerprint density at radius 2 is 1.94 bits per heavy atom. The van der Waals surface area contributed by atoms with Crippen LogP contribution < -0.4 is 5.32 Å². The molecule has 0 aliphatic heterocycles. The van der Waals surface area contributed by atoms with E-state index in [1.807, 2.05) is 0 Å². The highest BCUT2D eigenvalue weighted by Crippen LogP contribution is 2.28. The Bertz CT molecular complexity index is 425. The number of nitrogens with zero attached hydrogens (tertiary/aromatic N) is 1. The van der Waals surface area contributed by atoms with Crippen LogP contribution in [0.2, 0.25) is 0 Å². The van der Waals surface area contributed by atoms with Crippen LogP contribution >= 0.6 is 0 Å². The zero-order valence-corrected chi connectivity index (χ0v) is 10.9. The van der Waals surface area contributed by atoms with E-state index >= 15 is 0 Å². The molecule has 0 bridgehead atoms. The molecule has 0 atom stereocenters. The van der Waals surface area contributed by atoms with Crippen LogP contribution in [0.5, 0.6) is 0 Å². The molecule has 3 nitrogen and oxygen atoms in total. The lowest BCUT2D eigenvalue weighted by atomic mass is 9.85. The maximum absolute atomic E-state index is 10.4. The molecule has 0 radical (unpaired) electrons. The maximum Gasteiger partial charge on any atom is 0.126 e. The first-order chi connectivity index (χ1) is 8.75. The number of hydrogen-bond donors (Lipinski definition) is 2. The zero-order chi connectivity index (χ0) is 12.4. The van der Waals surface area contributed by atoms with Gasteiger partial charge in [-0.15, -0.1) is 0 Å². The van der Waals surface area contributed by atoms with Crippen LogP contribution in [0.15, 0.2) is 12.1 Å². The summed E-state index contributed by atoms with van der Waals surface area (Å²) in [5, 5.41) is 13.8. The lowest BCUT2D eigenvalue weighted by molar-refractivity contribution is 0.0166. The van der Waals surface area contributed by atoms with Crippen LogP contribution in [0.3, 0.4) is 0 Å². The number of pyridine rings is 1. The van der Waals surface area contributed by atoms with Gasteiger partial charge >= 0.3 is 0 Å².